The second kappa shape index (κ2) is 6.74. The fraction of sp³-hybridized carbons (Fsp3) is 0.250. The number of hydrogen-bond donors (Lipinski definition) is 0. The van der Waals surface area contributed by atoms with Crippen LogP contribution >= 0.6 is 23.6 Å². The Kier molecular flexibility index (Phi) is 4.70. The van der Waals surface area contributed by atoms with Crippen LogP contribution in [0.2, 0.25) is 0 Å². The summed E-state index contributed by atoms with van der Waals surface area (Å²) in [6, 6.07) is 8.40. The lowest BCUT2D eigenvalue weighted by Crippen LogP contribution is -2.22. The summed E-state index contributed by atoms with van der Waals surface area (Å²) < 4.78 is 17.4. The Morgan fingerprint density at radius 3 is 2.65 bits per heavy atom. The highest BCUT2D eigenvalue weighted by atomic mass is 32.1. The standard InChI is InChI=1S/C16H17FN4S2/c1-19(9-12-7-8-23-10-12)11-21-16(22)20(2)15(18-21)13-3-5-14(17)6-4-13/h3-8,10H,9,11H2,1-2H3. The van der Waals surface area contributed by atoms with Gasteiger partial charge in [-0.1, -0.05) is 0 Å². The van der Waals surface area contributed by atoms with E-state index in [-0.39, 0.29) is 5.82 Å². The maximum Gasteiger partial charge on any atom is 0.199 e. The first kappa shape index (κ1) is 16.0. The van der Waals surface area contributed by atoms with Crippen molar-refractivity contribution < 1.29 is 4.39 Å². The van der Waals surface area contributed by atoms with Gasteiger partial charge >= 0.3 is 0 Å². The molecule has 4 nitrogen and oxygen atoms in total. The number of halogens is 1. The van der Waals surface area contributed by atoms with E-state index in [4.69, 9.17) is 12.2 Å². The van der Waals surface area contributed by atoms with Gasteiger partial charge in [0.05, 0.1) is 6.67 Å². The van der Waals surface area contributed by atoms with Gasteiger partial charge in [-0.05, 0) is 65.9 Å². The normalized spacial score (nSPS) is 11.3. The van der Waals surface area contributed by atoms with Crippen molar-refractivity contribution in [2.45, 2.75) is 13.2 Å². The van der Waals surface area contributed by atoms with E-state index in [0.29, 0.717) is 11.4 Å². The molecule has 0 aliphatic heterocycles. The molecule has 3 rings (SSSR count). The van der Waals surface area contributed by atoms with E-state index in [0.717, 1.165) is 17.9 Å². The minimum atomic E-state index is -0.259. The van der Waals surface area contributed by atoms with Gasteiger partial charge in [-0.2, -0.15) is 16.4 Å². The zero-order valence-electron chi connectivity index (χ0n) is 12.9. The fourth-order valence-corrected chi connectivity index (χ4v) is 3.25. The first-order valence-corrected chi connectivity index (χ1v) is 8.49. The summed E-state index contributed by atoms with van der Waals surface area (Å²) in [7, 11) is 3.91. The summed E-state index contributed by atoms with van der Waals surface area (Å²) in [6.45, 7) is 1.44. The zero-order valence-corrected chi connectivity index (χ0v) is 14.6. The van der Waals surface area contributed by atoms with Gasteiger partial charge in [0.1, 0.15) is 5.82 Å². The summed E-state index contributed by atoms with van der Waals surface area (Å²) in [5.41, 5.74) is 2.12. The van der Waals surface area contributed by atoms with Crippen LogP contribution in [0.3, 0.4) is 0 Å². The first-order valence-electron chi connectivity index (χ1n) is 7.14. The van der Waals surface area contributed by atoms with Crippen LogP contribution in [0.4, 0.5) is 4.39 Å². The highest BCUT2D eigenvalue weighted by Gasteiger charge is 2.11. The molecular formula is C16H17FN4S2. The predicted molar refractivity (Wildman–Crippen MR) is 93.2 cm³/mol. The SMILES string of the molecule is CN(Cc1ccsc1)Cn1nc(-c2ccc(F)cc2)n(C)c1=S. The predicted octanol–water partition coefficient (Wildman–Crippen LogP) is 3.91. The quantitative estimate of drug-likeness (QED) is 0.654. The van der Waals surface area contributed by atoms with Crippen LogP contribution in [0, 0.1) is 10.6 Å². The second-order valence-corrected chi connectivity index (χ2v) is 6.60. The summed E-state index contributed by atoms with van der Waals surface area (Å²) in [4.78, 5) is 2.15. The van der Waals surface area contributed by atoms with Crippen molar-refractivity contribution in [2.75, 3.05) is 7.05 Å². The molecule has 7 heteroatoms. The second-order valence-electron chi connectivity index (χ2n) is 5.46. The summed E-state index contributed by atoms with van der Waals surface area (Å²) >= 11 is 7.16. The monoisotopic (exact) mass is 348 g/mol. The van der Waals surface area contributed by atoms with Crippen LogP contribution in [0.1, 0.15) is 5.56 Å². The van der Waals surface area contributed by atoms with Gasteiger partial charge in [-0.15, -0.1) is 0 Å². The van der Waals surface area contributed by atoms with Crippen molar-refractivity contribution in [1.82, 2.24) is 19.2 Å². The van der Waals surface area contributed by atoms with Gasteiger partial charge < -0.3 is 4.57 Å². The Hall–Kier alpha value is -1.83. The number of benzene rings is 1. The lowest BCUT2D eigenvalue weighted by Gasteiger charge is -2.15. The molecule has 0 aliphatic rings. The zero-order chi connectivity index (χ0) is 16.4. The first-order chi connectivity index (χ1) is 11.0. The van der Waals surface area contributed by atoms with Crippen LogP contribution in [0.5, 0.6) is 0 Å². The lowest BCUT2D eigenvalue weighted by molar-refractivity contribution is 0.244. The Balaban J connectivity index is 1.82. The van der Waals surface area contributed by atoms with Crippen molar-refractivity contribution in [3.63, 3.8) is 0 Å². The Bertz CT molecular complexity index is 834. The molecule has 3 aromatic rings. The number of thiophene rings is 1. The van der Waals surface area contributed by atoms with Crippen LogP contribution < -0.4 is 0 Å². The topological polar surface area (TPSA) is 26.0 Å². The van der Waals surface area contributed by atoms with E-state index in [9.17, 15) is 4.39 Å². The Labute approximate surface area is 143 Å². The van der Waals surface area contributed by atoms with Crippen molar-refractivity contribution in [3.8, 4) is 11.4 Å². The molecule has 0 N–H and O–H groups in total. The van der Waals surface area contributed by atoms with E-state index in [1.165, 1.54) is 17.7 Å². The molecule has 0 fully saturated rings. The smallest absolute Gasteiger partial charge is 0.199 e. The van der Waals surface area contributed by atoms with Crippen molar-refractivity contribution in [1.29, 1.82) is 0 Å². The largest absolute Gasteiger partial charge is 0.303 e. The van der Waals surface area contributed by atoms with Gasteiger partial charge in [0.2, 0.25) is 0 Å². The Morgan fingerprint density at radius 2 is 2.00 bits per heavy atom. The van der Waals surface area contributed by atoms with E-state index in [1.807, 2.05) is 18.7 Å². The highest BCUT2D eigenvalue weighted by molar-refractivity contribution is 7.71. The van der Waals surface area contributed by atoms with Gasteiger partial charge in [0.15, 0.2) is 10.6 Å². The molecular weight excluding hydrogens is 331 g/mol. The van der Waals surface area contributed by atoms with Crippen LogP contribution in [0.25, 0.3) is 11.4 Å². The van der Waals surface area contributed by atoms with E-state index >= 15 is 0 Å². The molecule has 0 aliphatic carbocycles. The summed E-state index contributed by atoms with van der Waals surface area (Å²) in [6.07, 6.45) is 0. The summed E-state index contributed by atoms with van der Waals surface area (Å²) in [5, 5.41) is 8.80. The van der Waals surface area contributed by atoms with Crippen molar-refractivity contribution in [2.24, 2.45) is 7.05 Å². The highest BCUT2D eigenvalue weighted by Crippen LogP contribution is 2.18. The third kappa shape index (κ3) is 3.57. The van der Waals surface area contributed by atoms with Crippen LogP contribution in [-0.2, 0) is 20.3 Å². The molecule has 120 valence electrons. The lowest BCUT2D eigenvalue weighted by atomic mass is 10.2. The molecule has 23 heavy (non-hydrogen) atoms. The molecule has 0 radical (unpaired) electrons. The number of hydrogen-bond acceptors (Lipinski definition) is 4. The van der Waals surface area contributed by atoms with E-state index in [1.54, 1.807) is 28.2 Å². The third-order valence-electron chi connectivity index (χ3n) is 3.55. The molecule has 0 unspecified atom stereocenters. The minimum absolute atomic E-state index is 0.259. The van der Waals surface area contributed by atoms with Gasteiger partial charge in [-0.3, -0.25) is 4.90 Å². The Morgan fingerprint density at radius 1 is 1.26 bits per heavy atom. The molecule has 0 atom stereocenters. The molecule has 2 aromatic heterocycles. The number of nitrogens with zero attached hydrogens (tertiary/aromatic N) is 4. The van der Waals surface area contributed by atoms with Crippen LogP contribution in [-0.4, -0.2) is 26.3 Å². The van der Waals surface area contributed by atoms with E-state index < -0.39 is 0 Å². The third-order valence-corrected chi connectivity index (χ3v) is 4.77. The average molecular weight is 348 g/mol. The number of rotatable bonds is 5. The van der Waals surface area contributed by atoms with E-state index in [2.05, 4.69) is 26.8 Å². The molecule has 2 heterocycles. The average Bonchev–Trinajstić information content (AvgIpc) is 3.12. The molecule has 0 spiro atoms. The molecule has 0 bridgehead atoms. The van der Waals surface area contributed by atoms with Gasteiger partial charge in [0.25, 0.3) is 0 Å². The molecule has 0 saturated heterocycles. The number of aromatic nitrogens is 3. The van der Waals surface area contributed by atoms with Crippen molar-refractivity contribution >= 4 is 23.6 Å². The maximum absolute atomic E-state index is 13.1. The van der Waals surface area contributed by atoms with Crippen LogP contribution in [0.15, 0.2) is 41.1 Å². The maximum atomic E-state index is 13.1. The molecule has 0 amide bonds. The van der Waals surface area contributed by atoms with Gasteiger partial charge in [0, 0.05) is 19.2 Å². The molecule has 1 aromatic carbocycles. The van der Waals surface area contributed by atoms with Gasteiger partial charge in [-0.25, -0.2) is 9.07 Å². The summed E-state index contributed by atoms with van der Waals surface area (Å²) in [5.74, 6) is 0.476. The molecule has 0 saturated carbocycles. The van der Waals surface area contributed by atoms with Crippen molar-refractivity contribution in [3.05, 3.63) is 57.2 Å². The minimum Gasteiger partial charge on any atom is -0.303 e. The fourth-order valence-electron chi connectivity index (χ4n) is 2.40.